The molecule has 0 saturated heterocycles. The molecule has 0 saturated carbocycles. The first-order valence-corrected chi connectivity index (χ1v) is 7.79. The van der Waals surface area contributed by atoms with Crippen LogP contribution in [0.5, 0.6) is 0 Å². The van der Waals surface area contributed by atoms with E-state index in [1.807, 2.05) is 17.8 Å². The summed E-state index contributed by atoms with van der Waals surface area (Å²) in [7, 11) is 1.93. The largest absolute Gasteiger partial charge is 0.288 e. The quantitative estimate of drug-likeness (QED) is 0.550. The molecular formula is C17H17N5O. The number of allylic oxidation sites excluding steroid dienone is 1. The first-order chi connectivity index (χ1) is 11.2. The molecule has 0 amide bonds. The van der Waals surface area contributed by atoms with Gasteiger partial charge in [0.1, 0.15) is 5.69 Å². The fourth-order valence-corrected chi connectivity index (χ4v) is 3.16. The molecule has 3 heterocycles. The van der Waals surface area contributed by atoms with Crippen LogP contribution in [-0.4, -0.2) is 29.9 Å². The van der Waals surface area contributed by atoms with Gasteiger partial charge in [-0.15, -0.1) is 0 Å². The molecule has 4 rings (SSSR count). The number of aromatic nitrogens is 5. The number of aryl methyl sites for hydroxylation is 2. The Morgan fingerprint density at radius 3 is 3.04 bits per heavy atom. The van der Waals surface area contributed by atoms with Gasteiger partial charge in [-0.1, -0.05) is 0 Å². The minimum atomic E-state index is -0.0868. The number of carbonyl (C=O) groups is 1. The highest BCUT2D eigenvalue weighted by molar-refractivity contribution is 6.05. The summed E-state index contributed by atoms with van der Waals surface area (Å²) in [5.74, 6) is 0.443. The first kappa shape index (κ1) is 13.9. The highest BCUT2D eigenvalue weighted by atomic mass is 16.1. The van der Waals surface area contributed by atoms with E-state index in [-0.39, 0.29) is 5.78 Å². The second kappa shape index (κ2) is 5.46. The summed E-state index contributed by atoms with van der Waals surface area (Å²) < 4.78 is 3.57. The fourth-order valence-electron chi connectivity index (χ4n) is 3.16. The summed E-state index contributed by atoms with van der Waals surface area (Å²) in [5, 5.41) is 4.57. The van der Waals surface area contributed by atoms with Crippen LogP contribution in [0.15, 0.2) is 30.7 Å². The molecule has 0 radical (unpaired) electrons. The molecule has 3 aromatic rings. The number of nitrogens with zero attached hydrogens (tertiary/aromatic N) is 5. The maximum Gasteiger partial charge on any atom is 0.234 e. The van der Waals surface area contributed by atoms with Gasteiger partial charge in [0, 0.05) is 25.0 Å². The van der Waals surface area contributed by atoms with Crippen LogP contribution in [0.2, 0.25) is 0 Å². The van der Waals surface area contributed by atoms with Crippen molar-refractivity contribution in [2.24, 2.45) is 7.05 Å². The van der Waals surface area contributed by atoms with E-state index in [4.69, 9.17) is 0 Å². The number of hydrogen-bond acceptors (Lipinski definition) is 4. The monoisotopic (exact) mass is 307 g/mol. The molecule has 23 heavy (non-hydrogen) atoms. The predicted octanol–water partition coefficient (Wildman–Crippen LogP) is 2.24. The summed E-state index contributed by atoms with van der Waals surface area (Å²) >= 11 is 0. The van der Waals surface area contributed by atoms with Gasteiger partial charge in [0.05, 0.1) is 17.6 Å². The Hall–Kier alpha value is -2.76. The molecule has 0 bridgehead atoms. The molecule has 6 nitrogen and oxygen atoms in total. The van der Waals surface area contributed by atoms with Gasteiger partial charge in [0.25, 0.3) is 0 Å². The van der Waals surface area contributed by atoms with Crippen molar-refractivity contribution < 1.29 is 4.79 Å². The molecule has 1 aliphatic rings. The third-order valence-electron chi connectivity index (χ3n) is 4.30. The van der Waals surface area contributed by atoms with Gasteiger partial charge in [-0.3, -0.25) is 13.9 Å². The van der Waals surface area contributed by atoms with Crippen LogP contribution in [0.25, 0.3) is 11.9 Å². The molecule has 0 atom stereocenters. The number of rotatable bonds is 3. The second-order valence-corrected chi connectivity index (χ2v) is 5.77. The van der Waals surface area contributed by atoms with Crippen LogP contribution in [0.4, 0.5) is 0 Å². The zero-order chi connectivity index (χ0) is 15.8. The lowest BCUT2D eigenvalue weighted by Crippen LogP contribution is -2.02. The van der Waals surface area contributed by atoms with E-state index >= 15 is 0 Å². The number of hydrogen-bond donors (Lipinski definition) is 0. The number of ketones is 1. The lowest BCUT2D eigenvalue weighted by molar-refractivity contribution is 0.104. The number of fused-ring (bicyclic) bond motifs is 2. The molecule has 116 valence electrons. The van der Waals surface area contributed by atoms with Crippen molar-refractivity contribution in [2.75, 3.05) is 0 Å². The maximum absolute atomic E-state index is 12.5. The van der Waals surface area contributed by atoms with Gasteiger partial charge in [-0.25, -0.2) is 9.97 Å². The molecule has 0 aromatic carbocycles. The van der Waals surface area contributed by atoms with E-state index in [1.54, 1.807) is 35.1 Å². The van der Waals surface area contributed by atoms with E-state index in [0.717, 1.165) is 18.5 Å². The van der Waals surface area contributed by atoms with Gasteiger partial charge >= 0.3 is 0 Å². The predicted molar refractivity (Wildman–Crippen MR) is 86.2 cm³/mol. The Balaban J connectivity index is 1.66. The zero-order valence-electron chi connectivity index (χ0n) is 12.9. The van der Waals surface area contributed by atoms with Crippen molar-refractivity contribution in [3.63, 3.8) is 0 Å². The summed E-state index contributed by atoms with van der Waals surface area (Å²) in [4.78, 5) is 20.8. The Labute approximate surface area is 133 Å². The van der Waals surface area contributed by atoms with Crippen molar-refractivity contribution in [2.45, 2.75) is 25.7 Å². The lowest BCUT2D eigenvalue weighted by Gasteiger charge is -2.09. The van der Waals surface area contributed by atoms with Gasteiger partial charge in [0.15, 0.2) is 0 Å². The normalized spacial score (nSPS) is 14.5. The summed E-state index contributed by atoms with van der Waals surface area (Å²) in [6.07, 6.45) is 12.9. The summed E-state index contributed by atoms with van der Waals surface area (Å²) in [6.45, 7) is 0. The zero-order valence-corrected chi connectivity index (χ0v) is 12.9. The lowest BCUT2D eigenvalue weighted by atomic mass is 9.95. The third-order valence-corrected chi connectivity index (χ3v) is 4.30. The smallest absolute Gasteiger partial charge is 0.234 e. The van der Waals surface area contributed by atoms with Gasteiger partial charge in [-0.05, 0) is 43.9 Å². The Bertz CT molecular complexity index is 918. The molecule has 0 fully saturated rings. The Morgan fingerprint density at radius 1 is 1.26 bits per heavy atom. The van der Waals surface area contributed by atoms with Gasteiger partial charge < -0.3 is 0 Å². The summed E-state index contributed by atoms with van der Waals surface area (Å²) in [5.41, 5.74) is 3.99. The standard InChI is InChI=1S/C17H17N5O/c1-21-14(12-5-2-3-6-13(12)20-21)7-8-16(23)15-11-19-17-18-9-4-10-22(15)17/h4,7-11H,2-3,5-6H2,1H3/b8-7+. The van der Waals surface area contributed by atoms with Gasteiger partial charge in [-0.2, -0.15) is 5.10 Å². The molecule has 0 N–H and O–H groups in total. The van der Waals surface area contributed by atoms with E-state index in [0.29, 0.717) is 11.5 Å². The average Bonchev–Trinajstić information content (AvgIpc) is 3.13. The van der Waals surface area contributed by atoms with Crippen LogP contribution in [0.3, 0.4) is 0 Å². The van der Waals surface area contributed by atoms with Crippen molar-refractivity contribution in [1.82, 2.24) is 24.1 Å². The van der Waals surface area contributed by atoms with Crippen LogP contribution >= 0.6 is 0 Å². The Morgan fingerprint density at radius 2 is 2.13 bits per heavy atom. The molecule has 0 unspecified atom stereocenters. The summed E-state index contributed by atoms with van der Waals surface area (Å²) in [6, 6.07) is 1.78. The Kier molecular flexibility index (Phi) is 3.29. The maximum atomic E-state index is 12.5. The van der Waals surface area contributed by atoms with Crippen molar-refractivity contribution in [3.05, 3.63) is 53.4 Å². The first-order valence-electron chi connectivity index (χ1n) is 7.79. The average molecular weight is 307 g/mol. The van der Waals surface area contributed by atoms with Crippen molar-refractivity contribution in [3.8, 4) is 0 Å². The van der Waals surface area contributed by atoms with Gasteiger partial charge in [0.2, 0.25) is 11.6 Å². The van der Waals surface area contributed by atoms with E-state index in [1.165, 1.54) is 24.1 Å². The molecular weight excluding hydrogens is 290 g/mol. The topological polar surface area (TPSA) is 65.1 Å². The number of carbonyl (C=O) groups excluding carboxylic acids is 1. The minimum Gasteiger partial charge on any atom is -0.288 e. The van der Waals surface area contributed by atoms with Crippen molar-refractivity contribution in [1.29, 1.82) is 0 Å². The van der Waals surface area contributed by atoms with E-state index in [2.05, 4.69) is 15.1 Å². The molecule has 0 aliphatic heterocycles. The molecule has 6 heteroatoms. The molecule has 1 aliphatic carbocycles. The highest BCUT2D eigenvalue weighted by Gasteiger charge is 2.18. The minimum absolute atomic E-state index is 0.0868. The fraction of sp³-hybridized carbons (Fsp3) is 0.294. The van der Waals surface area contributed by atoms with Crippen molar-refractivity contribution >= 4 is 17.6 Å². The highest BCUT2D eigenvalue weighted by Crippen LogP contribution is 2.24. The molecule has 3 aromatic heterocycles. The van der Waals surface area contributed by atoms with Crippen LogP contribution < -0.4 is 0 Å². The van der Waals surface area contributed by atoms with Crippen LogP contribution in [-0.2, 0) is 19.9 Å². The SMILES string of the molecule is Cn1nc2c(c1/C=C/C(=O)c1cnc3ncccn13)CCCC2. The van der Waals surface area contributed by atoms with E-state index in [9.17, 15) is 4.79 Å². The third kappa shape index (κ3) is 2.36. The van der Waals surface area contributed by atoms with Crippen LogP contribution in [0.1, 0.15) is 40.3 Å². The van der Waals surface area contributed by atoms with Crippen LogP contribution in [0, 0.1) is 0 Å². The number of imidazole rings is 1. The second-order valence-electron chi connectivity index (χ2n) is 5.77. The van der Waals surface area contributed by atoms with E-state index < -0.39 is 0 Å². The molecule has 0 spiro atoms.